The molecule has 0 bridgehead atoms. The van der Waals surface area contributed by atoms with E-state index in [2.05, 4.69) is 32.6 Å². The third-order valence-corrected chi connectivity index (χ3v) is 3.54. The Bertz CT molecular complexity index is 536. The van der Waals surface area contributed by atoms with Crippen LogP contribution in [-0.2, 0) is 0 Å². The molecule has 21 heavy (non-hydrogen) atoms. The molecule has 0 radical (unpaired) electrons. The van der Waals surface area contributed by atoms with E-state index in [-0.39, 0.29) is 11.4 Å². The van der Waals surface area contributed by atoms with E-state index in [0.717, 1.165) is 24.5 Å². The van der Waals surface area contributed by atoms with E-state index in [1.165, 1.54) is 0 Å². The minimum atomic E-state index is -0.484. The Morgan fingerprint density at radius 1 is 1.38 bits per heavy atom. The van der Waals surface area contributed by atoms with Crippen molar-refractivity contribution in [3.05, 3.63) is 23.8 Å². The van der Waals surface area contributed by atoms with E-state index < -0.39 is 6.04 Å². The summed E-state index contributed by atoms with van der Waals surface area (Å²) in [7, 11) is 0. The van der Waals surface area contributed by atoms with Gasteiger partial charge in [-0.25, -0.2) is 0 Å². The summed E-state index contributed by atoms with van der Waals surface area (Å²) in [6.45, 7) is 12.0. The lowest BCUT2D eigenvalue weighted by Gasteiger charge is -2.41. The van der Waals surface area contributed by atoms with Gasteiger partial charge >= 0.3 is 0 Å². The van der Waals surface area contributed by atoms with Crippen molar-refractivity contribution in [3.8, 4) is 5.75 Å². The van der Waals surface area contributed by atoms with E-state index in [1.807, 2.05) is 12.1 Å². The first-order valence-electron chi connectivity index (χ1n) is 7.57. The molecule has 116 valence electrons. The Morgan fingerprint density at radius 2 is 2.05 bits per heavy atom. The van der Waals surface area contributed by atoms with Crippen LogP contribution >= 0.6 is 0 Å². The summed E-state index contributed by atoms with van der Waals surface area (Å²) in [4.78, 5) is 14.4. The number of fused-ring (bicyclic) bond motifs is 1. The van der Waals surface area contributed by atoms with Crippen molar-refractivity contribution < 1.29 is 9.53 Å². The molecule has 1 heterocycles. The molecule has 1 aromatic carbocycles. The van der Waals surface area contributed by atoms with Crippen LogP contribution in [0.15, 0.2) is 18.2 Å². The molecule has 0 aromatic heterocycles. The average molecular weight is 290 g/mol. The van der Waals surface area contributed by atoms with E-state index >= 15 is 0 Å². The maximum absolute atomic E-state index is 12.1. The molecule has 0 saturated heterocycles. The predicted molar refractivity (Wildman–Crippen MR) is 86.2 cm³/mol. The van der Waals surface area contributed by atoms with Crippen LogP contribution in [0.1, 0.15) is 45.0 Å². The summed E-state index contributed by atoms with van der Waals surface area (Å²) in [6.07, 6.45) is 0. The van der Waals surface area contributed by atoms with Crippen LogP contribution in [0.5, 0.6) is 5.75 Å². The topological polar surface area (TPSA) is 55.6 Å². The minimum absolute atomic E-state index is 0.0351. The van der Waals surface area contributed by atoms with Crippen molar-refractivity contribution >= 4 is 11.5 Å². The number of nitrogens with zero attached hydrogens (tertiary/aromatic N) is 1. The lowest BCUT2D eigenvalue weighted by Crippen LogP contribution is -2.48. The van der Waals surface area contributed by atoms with Crippen molar-refractivity contribution in [2.45, 2.75) is 46.3 Å². The van der Waals surface area contributed by atoms with Crippen LogP contribution < -0.4 is 15.4 Å². The smallest absolute Gasteiger partial charge is 0.179 e. The van der Waals surface area contributed by atoms with E-state index in [9.17, 15) is 4.79 Å². The van der Waals surface area contributed by atoms with Crippen LogP contribution in [0, 0.1) is 5.92 Å². The molecule has 2 rings (SSSR count). The van der Waals surface area contributed by atoms with Crippen molar-refractivity contribution in [1.82, 2.24) is 0 Å². The van der Waals surface area contributed by atoms with Gasteiger partial charge in [-0.05, 0) is 44.9 Å². The molecule has 1 aromatic rings. The Balaban J connectivity index is 2.41. The van der Waals surface area contributed by atoms with Gasteiger partial charge in [-0.3, -0.25) is 4.79 Å². The van der Waals surface area contributed by atoms with Gasteiger partial charge in [-0.1, -0.05) is 13.8 Å². The Kier molecular flexibility index (Phi) is 4.28. The number of hydrogen-bond acceptors (Lipinski definition) is 4. The van der Waals surface area contributed by atoms with Crippen molar-refractivity contribution in [3.63, 3.8) is 0 Å². The zero-order valence-electron chi connectivity index (χ0n) is 13.6. The van der Waals surface area contributed by atoms with Gasteiger partial charge in [0.1, 0.15) is 11.4 Å². The van der Waals surface area contributed by atoms with Gasteiger partial charge in [0.05, 0.1) is 18.3 Å². The molecular weight excluding hydrogens is 264 g/mol. The average Bonchev–Trinajstić information content (AvgIpc) is 2.35. The van der Waals surface area contributed by atoms with Crippen LogP contribution in [0.4, 0.5) is 5.69 Å². The standard InChI is InChI=1S/C17H26N2O2/c1-11(2)9-19-10-17(4,5)21-15-7-6-13(8-14(15)19)16(20)12(3)18/h6-8,11-12H,9-10,18H2,1-5H3. The largest absolute Gasteiger partial charge is 0.484 e. The zero-order valence-corrected chi connectivity index (χ0v) is 13.6. The molecule has 0 spiro atoms. The number of anilines is 1. The van der Waals surface area contributed by atoms with E-state index in [1.54, 1.807) is 13.0 Å². The molecule has 0 amide bonds. The molecule has 0 aliphatic carbocycles. The van der Waals surface area contributed by atoms with Gasteiger partial charge in [-0.2, -0.15) is 0 Å². The van der Waals surface area contributed by atoms with Gasteiger partial charge in [0.15, 0.2) is 5.78 Å². The number of benzene rings is 1. The van der Waals surface area contributed by atoms with Crippen LogP contribution in [0.2, 0.25) is 0 Å². The summed E-state index contributed by atoms with van der Waals surface area (Å²) in [6, 6.07) is 5.12. The fraction of sp³-hybridized carbons (Fsp3) is 0.588. The fourth-order valence-corrected chi connectivity index (χ4v) is 2.75. The number of rotatable bonds is 4. The quantitative estimate of drug-likeness (QED) is 0.866. The number of Topliss-reactive ketones (excluding diaryl/α,β-unsaturated/α-hetero) is 1. The Hall–Kier alpha value is -1.55. The maximum atomic E-state index is 12.1. The number of carbonyl (C=O) groups excluding carboxylic acids is 1. The lowest BCUT2D eigenvalue weighted by molar-refractivity contribution is 0.0966. The number of ether oxygens (including phenoxy) is 1. The normalized spacial score (nSPS) is 18.1. The van der Waals surface area contributed by atoms with Crippen LogP contribution in [-0.4, -0.2) is 30.5 Å². The molecule has 1 aliphatic heterocycles. The van der Waals surface area contributed by atoms with Gasteiger partial charge in [0.25, 0.3) is 0 Å². The number of ketones is 1. The number of hydrogen-bond donors (Lipinski definition) is 1. The monoisotopic (exact) mass is 290 g/mol. The number of nitrogens with two attached hydrogens (primary N) is 1. The molecule has 4 heteroatoms. The highest BCUT2D eigenvalue weighted by Crippen LogP contribution is 2.38. The minimum Gasteiger partial charge on any atom is -0.484 e. The summed E-state index contributed by atoms with van der Waals surface area (Å²) < 4.78 is 6.04. The highest BCUT2D eigenvalue weighted by Gasteiger charge is 2.32. The van der Waals surface area contributed by atoms with Gasteiger partial charge < -0.3 is 15.4 Å². The molecular formula is C17H26N2O2. The van der Waals surface area contributed by atoms with Crippen LogP contribution in [0.25, 0.3) is 0 Å². The van der Waals surface area contributed by atoms with Gasteiger partial charge in [-0.15, -0.1) is 0 Å². The van der Waals surface area contributed by atoms with E-state index in [0.29, 0.717) is 11.5 Å². The van der Waals surface area contributed by atoms with Crippen molar-refractivity contribution in [2.24, 2.45) is 11.7 Å². The molecule has 2 N–H and O–H groups in total. The summed E-state index contributed by atoms with van der Waals surface area (Å²) in [5.41, 5.74) is 7.13. The highest BCUT2D eigenvalue weighted by atomic mass is 16.5. The zero-order chi connectivity index (χ0) is 15.8. The first kappa shape index (κ1) is 15.8. The second-order valence-corrected chi connectivity index (χ2v) is 6.97. The van der Waals surface area contributed by atoms with Crippen molar-refractivity contribution in [2.75, 3.05) is 18.0 Å². The van der Waals surface area contributed by atoms with Gasteiger partial charge in [0.2, 0.25) is 0 Å². The molecule has 1 unspecified atom stereocenters. The number of carbonyl (C=O) groups is 1. The van der Waals surface area contributed by atoms with Gasteiger partial charge in [0, 0.05) is 12.1 Å². The van der Waals surface area contributed by atoms with E-state index in [4.69, 9.17) is 10.5 Å². The Labute approximate surface area is 127 Å². The maximum Gasteiger partial charge on any atom is 0.179 e. The molecule has 0 fully saturated rings. The van der Waals surface area contributed by atoms with Crippen molar-refractivity contribution in [1.29, 1.82) is 0 Å². The SMILES string of the molecule is CC(C)CN1CC(C)(C)Oc2ccc(C(=O)C(C)N)cc21. The lowest BCUT2D eigenvalue weighted by atomic mass is 10.00. The second kappa shape index (κ2) is 5.68. The third-order valence-electron chi connectivity index (χ3n) is 3.54. The summed E-state index contributed by atoms with van der Waals surface area (Å²) in [5, 5.41) is 0. The predicted octanol–water partition coefficient (Wildman–Crippen LogP) is 2.85. The fourth-order valence-electron chi connectivity index (χ4n) is 2.75. The first-order valence-corrected chi connectivity index (χ1v) is 7.57. The third kappa shape index (κ3) is 3.56. The summed E-state index contributed by atoms with van der Waals surface area (Å²) >= 11 is 0. The molecule has 0 saturated carbocycles. The second-order valence-electron chi connectivity index (χ2n) is 6.97. The highest BCUT2D eigenvalue weighted by molar-refractivity contribution is 6.00. The summed E-state index contributed by atoms with van der Waals surface area (Å²) in [5.74, 6) is 1.35. The molecule has 1 aliphatic rings. The molecule has 1 atom stereocenters. The first-order chi connectivity index (χ1) is 9.69. The van der Waals surface area contributed by atoms with Crippen LogP contribution in [0.3, 0.4) is 0 Å². The molecule has 4 nitrogen and oxygen atoms in total. The Morgan fingerprint density at radius 3 is 2.62 bits per heavy atom.